The Morgan fingerprint density at radius 1 is 0.933 bits per heavy atom. The Bertz CT molecular complexity index is 257. The van der Waals surface area contributed by atoms with Crippen LogP contribution in [-0.2, 0) is 0 Å². The smallest absolute Gasteiger partial charge is 0.123 e. The summed E-state index contributed by atoms with van der Waals surface area (Å²) in [6, 6.07) is 7.02. The van der Waals surface area contributed by atoms with E-state index in [1.54, 1.807) is 12.1 Å². The van der Waals surface area contributed by atoms with E-state index in [0.29, 0.717) is 5.92 Å². The zero-order valence-corrected chi connectivity index (χ0v) is 9.80. The Morgan fingerprint density at radius 3 is 2.00 bits per heavy atom. The molecule has 0 aromatic heterocycles. The molecular weight excluding hydrogens is 187 g/mol. The van der Waals surface area contributed by atoms with Gasteiger partial charge in [0.05, 0.1) is 0 Å². The van der Waals surface area contributed by atoms with Crippen molar-refractivity contribution in [3.8, 4) is 0 Å². The van der Waals surface area contributed by atoms with Gasteiger partial charge in [-0.05, 0) is 36.5 Å². The molecule has 0 radical (unpaired) electrons. The van der Waals surface area contributed by atoms with E-state index in [2.05, 4.69) is 0 Å². The molecule has 0 atom stereocenters. The van der Waals surface area contributed by atoms with E-state index >= 15 is 0 Å². The first-order chi connectivity index (χ1) is 7.36. The molecule has 0 N–H and O–H groups in total. The van der Waals surface area contributed by atoms with Gasteiger partial charge in [0.15, 0.2) is 0 Å². The fraction of sp³-hybridized carbons (Fsp3) is 0.571. The normalized spacial score (nSPS) is 16.7. The molecule has 0 nitrogen and oxygen atoms in total. The van der Waals surface area contributed by atoms with Gasteiger partial charge < -0.3 is 0 Å². The van der Waals surface area contributed by atoms with Crippen LogP contribution in [-0.4, -0.2) is 0 Å². The van der Waals surface area contributed by atoms with Gasteiger partial charge in [-0.2, -0.15) is 0 Å². The van der Waals surface area contributed by atoms with E-state index in [4.69, 9.17) is 0 Å². The van der Waals surface area contributed by atoms with E-state index in [-0.39, 0.29) is 5.82 Å². The molecule has 1 saturated carbocycles. The quantitative estimate of drug-likeness (QED) is 0.615. The summed E-state index contributed by atoms with van der Waals surface area (Å²) < 4.78 is 12.7. The number of benzene rings is 1. The maximum absolute atomic E-state index is 12.7. The lowest BCUT2D eigenvalue weighted by Crippen LogP contribution is -2.04. The molecule has 1 fully saturated rings. The van der Waals surface area contributed by atoms with Crippen LogP contribution in [0.1, 0.15) is 57.4 Å². The van der Waals surface area contributed by atoms with Crippen molar-refractivity contribution in [2.45, 2.75) is 51.9 Å². The summed E-state index contributed by atoms with van der Waals surface area (Å²) in [4.78, 5) is 0. The first-order valence-electron chi connectivity index (χ1n) is 6.12. The molecule has 84 valence electrons. The molecule has 0 bridgehead atoms. The van der Waals surface area contributed by atoms with E-state index < -0.39 is 0 Å². The van der Waals surface area contributed by atoms with E-state index in [0.717, 1.165) is 0 Å². The van der Waals surface area contributed by atoms with E-state index in [1.807, 2.05) is 26.0 Å². The molecule has 0 heterocycles. The second kappa shape index (κ2) is 6.60. The van der Waals surface area contributed by atoms with Gasteiger partial charge in [0.25, 0.3) is 0 Å². The van der Waals surface area contributed by atoms with Crippen LogP contribution in [0.15, 0.2) is 24.3 Å². The highest BCUT2D eigenvalue weighted by atomic mass is 19.1. The van der Waals surface area contributed by atoms with Gasteiger partial charge in [0.2, 0.25) is 0 Å². The third kappa shape index (κ3) is 3.65. The summed E-state index contributed by atoms with van der Waals surface area (Å²) in [6.45, 7) is 4.00. The molecule has 0 unspecified atom stereocenters. The van der Waals surface area contributed by atoms with Gasteiger partial charge in [-0.25, -0.2) is 4.39 Å². The summed E-state index contributed by atoms with van der Waals surface area (Å²) in [5, 5.41) is 0. The zero-order valence-electron chi connectivity index (χ0n) is 9.80. The third-order valence-electron chi connectivity index (χ3n) is 2.95. The maximum Gasteiger partial charge on any atom is 0.123 e. The molecule has 0 aliphatic heterocycles. The highest BCUT2D eigenvalue weighted by Gasteiger charge is 2.14. The number of hydrogen-bond donors (Lipinski definition) is 0. The topological polar surface area (TPSA) is 0 Å². The average Bonchev–Trinajstić information content (AvgIpc) is 2.34. The number of rotatable bonds is 1. The second-order valence-electron chi connectivity index (χ2n) is 3.89. The summed E-state index contributed by atoms with van der Waals surface area (Å²) in [6.07, 6.45) is 6.61. The highest BCUT2D eigenvalue weighted by molar-refractivity contribution is 5.20. The summed E-state index contributed by atoms with van der Waals surface area (Å²) in [5.74, 6) is 0.564. The Labute approximate surface area is 92.5 Å². The van der Waals surface area contributed by atoms with Gasteiger partial charge in [-0.1, -0.05) is 45.2 Å². The molecule has 0 amide bonds. The van der Waals surface area contributed by atoms with E-state index in [1.165, 1.54) is 37.7 Å². The summed E-state index contributed by atoms with van der Waals surface area (Å²) >= 11 is 0. The minimum Gasteiger partial charge on any atom is -0.207 e. The third-order valence-corrected chi connectivity index (χ3v) is 2.95. The van der Waals surface area contributed by atoms with Crippen molar-refractivity contribution in [1.29, 1.82) is 0 Å². The van der Waals surface area contributed by atoms with Crippen LogP contribution in [0.25, 0.3) is 0 Å². The molecule has 1 aliphatic rings. The minimum atomic E-state index is -0.125. The molecule has 1 aliphatic carbocycles. The predicted octanol–water partition coefficient (Wildman–Crippen LogP) is 4.90. The average molecular weight is 208 g/mol. The fourth-order valence-corrected chi connectivity index (χ4v) is 2.17. The lowest BCUT2D eigenvalue weighted by Gasteiger charge is -2.21. The van der Waals surface area contributed by atoms with Crippen molar-refractivity contribution in [2.75, 3.05) is 0 Å². The van der Waals surface area contributed by atoms with Crippen LogP contribution < -0.4 is 0 Å². The van der Waals surface area contributed by atoms with Crippen molar-refractivity contribution in [3.63, 3.8) is 0 Å². The SMILES string of the molecule is CC.Fc1ccc(C2CCCCC2)cc1. The van der Waals surface area contributed by atoms with Crippen LogP contribution in [0.4, 0.5) is 4.39 Å². The molecular formula is C14H21F. The van der Waals surface area contributed by atoms with Crippen LogP contribution in [0.3, 0.4) is 0 Å². The standard InChI is InChI=1S/C12H15F.C2H6/c13-12-8-6-11(7-9-12)10-4-2-1-3-5-10;1-2/h6-10H,1-5H2;1-2H3. The van der Waals surface area contributed by atoms with Crippen LogP contribution in [0.5, 0.6) is 0 Å². The van der Waals surface area contributed by atoms with Crippen molar-refractivity contribution in [1.82, 2.24) is 0 Å². The summed E-state index contributed by atoms with van der Waals surface area (Å²) in [7, 11) is 0. The fourth-order valence-electron chi connectivity index (χ4n) is 2.17. The Morgan fingerprint density at radius 2 is 1.47 bits per heavy atom. The maximum atomic E-state index is 12.7. The Balaban J connectivity index is 0.000000531. The second-order valence-corrected chi connectivity index (χ2v) is 3.89. The molecule has 1 heteroatoms. The van der Waals surface area contributed by atoms with Crippen LogP contribution in [0, 0.1) is 5.82 Å². The molecule has 0 saturated heterocycles. The molecule has 1 aromatic rings. The first-order valence-corrected chi connectivity index (χ1v) is 6.12. The molecule has 2 rings (SSSR count). The van der Waals surface area contributed by atoms with Crippen molar-refractivity contribution >= 4 is 0 Å². The largest absolute Gasteiger partial charge is 0.207 e. The predicted molar refractivity (Wildman–Crippen MR) is 63.6 cm³/mol. The number of hydrogen-bond acceptors (Lipinski definition) is 0. The highest BCUT2D eigenvalue weighted by Crippen LogP contribution is 2.32. The van der Waals surface area contributed by atoms with Crippen LogP contribution >= 0.6 is 0 Å². The number of halogens is 1. The lowest BCUT2D eigenvalue weighted by molar-refractivity contribution is 0.443. The molecule has 15 heavy (non-hydrogen) atoms. The minimum absolute atomic E-state index is 0.125. The van der Waals surface area contributed by atoms with Gasteiger partial charge in [0.1, 0.15) is 5.82 Å². The Hall–Kier alpha value is -0.850. The van der Waals surface area contributed by atoms with E-state index in [9.17, 15) is 4.39 Å². The molecule has 0 spiro atoms. The van der Waals surface area contributed by atoms with Crippen molar-refractivity contribution < 1.29 is 4.39 Å². The summed E-state index contributed by atoms with van der Waals surface area (Å²) in [5.41, 5.74) is 1.32. The lowest BCUT2D eigenvalue weighted by atomic mass is 9.84. The van der Waals surface area contributed by atoms with Gasteiger partial charge in [-0.3, -0.25) is 0 Å². The van der Waals surface area contributed by atoms with Gasteiger partial charge in [0, 0.05) is 0 Å². The van der Waals surface area contributed by atoms with Crippen molar-refractivity contribution in [3.05, 3.63) is 35.6 Å². The van der Waals surface area contributed by atoms with Crippen molar-refractivity contribution in [2.24, 2.45) is 0 Å². The monoisotopic (exact) mass is 208 g/mol. The molecule has 1 aromatic carbocycles. The first kappa shape index (κ1) is 12.2. The zero-order chi connectivity index (χ0) is 11.1. The van der Waals surface area contributed by atoms with Crippen LogP contribution in [0.2, 0.25) is 0 Å². The van der Waals surface area contributed by atoms with Gasteiger partial charge in [-0.15, -0.1) is 0 Å². The van der Waals surface area contributed by atoms with Gasteiger partial charge >= 0.3 is 0 Å². The Kier molecular flexibility index (Phi) is 5.38.